The highest BCUT2D eigenvalue weighted by Gasteiger charge is 2.41. The van der Waals surface area contributed by atoms with Crippen molar-refractivity contribution in [3.8, 4) is 0 Å². The Kier molecular flexibility index (Phi) is 5.90. The maximum atomic E-state index is 12.9. The number of carbonyl (C=O) groups is 1. The number of hydrogen-bond acceptors (Lipinski definition) is 3. The van der Waals surface area contributed by atoms with E-state index in [1.165, 1.54) is 25.7 Å². The maximum Gasteiger partial charge on any atom is 0.244 e. The van der Waals surface area contributed by atoms with Gasteiger partial charge in [0, 0.05) is 30.3 Å². The number of hydrogen-bond donors (Lipinski definition) is 2. The minimum absolute atomic E-state index is 0.0951. The second-order valence-corrected chi connectivity index (χ2v) is 8.89. The number of benzene rings is 1. The number of anilines is 1. The van der Waals surface area contributed by atoms with E-state index in [0.29, 0.717) is 11.2 Å². The van der Waals surface area contributed by atoms with Crippen molar-refractivity contribution in [2.45, 2.75) is 43.8 Å². The molecule has 0 bridgehead atoms. The van der Waals surface area contributed by atoms with Gasteiger partial charge in [-0.3, -0.25) is 9.78 Å². The van der Waals surface area contributed by atoms with E-state index in [1.807, 2.05) is 53.4 Å². The Hall–Kier alpha value is -3.19. The number of amides is 1. The van der Waals surface area contributed by atoms with Crippen LogP contribution in [0.4, 0.5) is 5.69 Å². The van der Waals surface area contributed by atoms with E-state index in [-0.39, 0.29) is 24.5 Å². The molecule has 2 fully saturated rings. The monoisotopic (exact) mass is 445 g/mol. The first-order valence-electron chi connectivity index (χ1n) is 11.2. The number of para-hydroxylation sites is 1. The van der Waals surface area contributed by atoms with Gasteiger partial charge >= 0.3 is 0 Å². The Bertz CT molecular complexity index is 1080. The van der Waals surface area contributed by atoms with E-state index in [9.17, 15) is 4.79 Å². The summed E-state index contributed by atoms with van der Waals surface area (Å²) in [6.07, 6.45) is 11.2. The Balaban J connectivity index is 1.43. The summed E-state index contributed by atoms with van der Waals surface area (Å²) in [5, 5.41) is 6.97. The van der Waals surface area contributed by atoms with Crippen molar-refractivity contribution in [2.75, 3.05) is 11.9 Å². The maximum absolute atomic E-state index is 12.9. The quantitative estimate of drug-likeness (QED) is 0.543. The predicted molar refractivity (Wildman–Crippen MR) is 129 cm³/mol. The van der Waals surface area contributed by atoms with Crippen molar-refractivity contribution in [1.29, 1.82) is 0 Å². The van der Waals surface area contributed by atoms with Crippen LogP contribution in [-0.4, -0.2) is 32.0 Å². The van der Waals surface area contributed by atoms with Crippen LogP contribution < -0.4 is 10.6 Å². The van der Waals surface area contributed by atoms with E-state index in [4.69, 9.17) is 12.2 Å². The zero-order valence-electron chi connectivity index (χ0n) is 17.9. The SMILES string of the molecule is O=C(CN1C(=S)NC(c2ccccn2)C1c1ccn(C2CCCC2)c1)Nc1ccccc1. The summed E-state index contributed by atoms with van der Waals surface area (Å²) in [6, 6.07) is 17.9. The van der Waals surface area contributed by atoms with Gasteiger partial charge in [-0.05, 0) is 61.0 Å². The summed E-state index contributed by atoms with van der Waals surface area (Å²) >= 11 is 5.69. The number of aromatic nitrogens is 2. The molecule has 164 valence electrons. The molecule has 2 aromatic heterocycles. The standard InChI is InChI=1S/C25H27N5OS/c31-22(27-19-8-2-1-3-9-19)17-30-24(18-13-15-29(16-18)20-10-4-5-11-20)23(28-25(30)32)21-12-6-7-14-26-21/h1-3,6-9,12-16,20,23-24H,4-5,10-11,17H2,(H,27,31)(H,28,32). The Morgan fingerprint density at radius 1 is 1.09 bits per heavy atom. The average molecular weight is 446 g/mol. The van der Waals surface area contributed by atoms with Crippen molar-refractivity contribution < 1.29 is 4.79 Å². The summed E-state index contributed by atoms with van der Waals surface area (Å²) in [7, 11) is 0. The second-order valence-electron chi connectivity index (χ2n) is 8.50. The van der Waals surface area contributed by atoms with Gasteiger partial charge in [-0.2, -0.15) is 0 Å². The lowest BCUT2D eigenvalue weighted by Crippen LogP contribution is -2.37. The highest BCUT2D eigenvalue weighted by atomic mass is 32.1. The molecule has 1 aliphatic carbocycles. The zero-order valence-corrected chi connectivity index (χ0v) is 18.7. The van der Waals surface area contributed by atoms with Crippen LogP contribution in [0.5, 0.6) is 0 Å². The highest BCUT2D eigenvalue weighted by Crippen LogP contribution is 2.39. The van der Waals surface area contributed by atoms with Crippen LogP contribution in [-0.2, 0) is 4.79 Å². The number of pyridine rings is 1. The van der Waals surface area contributed by atoms with Gasteiger partial charge < -0.3 is 20.1 Å². The summed E-state index contributed by atoms with van der Waals surface area (Å²) in [5.41, 5.74) is 2.84. The molecule has 0 radical (unpaired) electrons. The van der Waals surface area contributed by atoms with Crippen LogP contribution in [0, 0.1) is 0 Å². The third-order valence-electron chi connectivity index (χ3n) is 6.39. The molecule has 3 aromatic rings. The minimum atomic E-state index is -0.118. The van der Waals surface area contributed by atoms with Crippen molar-refractivity contribution >= 4 is 28.9 Å². The number of rotatable bonds is 6. The van der Waals surface area contributed by atoms with Crippen LogP contribution in [0.2, 0.25) is 0 Å². The molecule has 1 amide bonds. The molecule has 7 heteroatoms. The molecule has 6 nitrogen and oxygen atoms in total. The van der Waals surface area contributed by atoms with Crippen molar-refractivity contribution in [3.05, 3.63) is 84.4 Å². The fourth-order valence-corrected chi connectivity index (χ4v) is 5.16. The zero-order chi connectivity index (χ0) is 21.9. The van der Waals surface area contributed by atoms with Gasteiger partial charge in [0.05, 0.1) is 17.8 Å². The average Bonchev–Trinajstić information content (AvgIpc) is 3.56. The van der Waals surface area contributed by atoms with Gasteiger partial charge in [0.25, 0.3) is 0 Å². The third-order valence-corrected chi connectivity index (χ3v) is 6.75. The van der Waals surface area contributed by atoms with Gasteiger partial charge in [-0.15, -0.1) is 0 Å². The van der Waals surface area contributed by atoms with Gasteiger partial charge in [-0.1, -0.05) is 37.1 Å². The van der Waals surface area contributed by atoms with Crippen molar-refractivity contribution in [1.82, 2.24) is 19.8 Å². The largest absolute Gasteiger partial charge is 0.352 e. The van der Waals surface area contributed by atoms with Crippen LogP contribution >= 0.6 is 12.2 Å². The molecule has 5 rings (SSSR count). The van der Waals surface area contributed by atoms with Gasteiger partial charge in [-0.25, -0.2) is 0 Å². The molecule has 0 spiro atoms. The second kappa shape index (κ2) is 9.12. The first-order chi connectivity index (χ1) is 15.7. The summed E-state index contributed by atoms with van der Waals surface area (Å²) in [4.78, 5) is 19.5. The lowest BCUT2D eigenvalue weighted by molar-refractivity contribution is -0.116. The summed E-state index contributed by atoms with van der Waals surface area (Å²) in [6.45, 7) is 0.170. The summed E-state index contributed by atoms with van der Waals surface area (Å²) < 4.78 is 2.33. The molecule has 2 unspecified atom stereocenters. The van der Waals surface area contributed by atoms with E-state index < -0.39 is 0 Å². The molecule has 2 atom stereocenters. The first kappa shape index (κ1) is 20.7. The summed E-state index contributed by atoms with van der Waals surface area (Å²) in [5.74, 6) is -0.0951. The van der Waals surface area contributed by atoms with Gasteiger partial charge in [0.15, 0.2) is 5.11 Å². The van der Waals surface area contributed by atoms with Crippen molar-refractivity contribution in [2.24, 2.45) is 0 Å². The molecule has 1 saturated heterocycles. The fourth-order valence-electron chi connectivity index (χ4n) is 4.85. The van der Waals surface area contributed by atoms with Gasteiger partial charge in [0.1, 0.15) is 6.54 Å². The Morgan fingerprint density at radius 2 is 1.88 bits per heavy atom. The van der Waals surface area contributed by atoms with E-state index >= 15 is 0 Å². The first-order valence-corrected chi connectivity index (χ1v) is 11.6. The molecule has 2 N–H and O–H groups in total. The smallest absolute Gasteiger partial charge is 0.244 e. The topological polar surface area (TPSA) is 62.2 Å². The molecule has 2 aliphatic rings. The molecule has 1 aliphatic heterocycles. The lowest BCUT2D eigenvalue weighted by Gasteiger charge is -2.26. The van der Waals surface area contributed by atoms with E-state index in [2.05, 4.69) is 38.6 Å². The highest BCUT2D eigenvalue weighted by molar-refractivity contribution is 7.80. The van der Waals surface area contributed by atoms with E-state index in [0.717, 1.165) is 16.9 Å². The third kappa shape index (κ3) is 4.25. The predicted octanol–water partition coefficient (Wildman–Crippen LogP) is 4.61. The van der Waals surface area contributed by atoms with Gasteiger partial charge in [0.2, 0.25) is 5.91 Å². The van der Waals surface area contributed by atoms with Crippen LogP contribution in [0.1, 0.15) is 55.1 Å². The molecular formula is C25H27N5OS. The number of thiocarbonyl (C=S) groups is 1. The Labute approximate surface area is 193 Å². The van der Waals surface area contributed by atoms with Crippen LogP contribution in [0.3, 0.4) is 0 Å². The lowest BCUT2D eigenvalue weighted by atomic mass is 9.99. The molecular weight excluding hydrogens is 418 g/mol. The fraction of sp³-hybridized carbons (Fsp3) is 0.320. The normalized spacial score (nSPS) is 21.0. The molecule has 3 heterocycles. The Morgan fingerprint density at radius 3 is 2.62 bits per heavy atom. The molecule has 1 aromatic carbocycles. The molecule has 1 saturated carbocycles. The number of nitrogens with one attached hydrogen (secondary N) is 2. The van der Waals surface area contributed by atoms with Crippen molar-refractivity contribution in [3.63, 3.8) is 0 Å². The van der Waals surface area contributed by atoms with E-state index in [1.54, 1.807) is 6.20 Å². The number of carbonyl (C=O) groups excluding carboxylic acids is 1. The molecule has 32 heavy (non-hydrogen) atoms. The number of nitrogens with zero attached hydrogens (tertiary/aromatic N) is 3. The minimum Gasteiger partial charge on any atom is -0.352 e. The van der Waals surface area contributed by atoms with Crippen LogP contribution in [0.25, 0.3) is 0 Å². The van der Waals surface area contributed by atoms with Crippen LogP contribution in [0.15, 0.2) is 73.2 Å².